The number of likely N-dealkylation sites (tertiary alicyclic amines) is 1. The van der Waals surface area contributed by atoms with Crippen molar-refractivity contribution < 1.29 is 33.3 Å². The molecule has 1 saturated heterocycles. The summed E-state index contributed by atoms with van der Waals surface area (Å²) in [5.41, 5.74) is 0.175. The molecule has 2 amide bonds. The van der Waals surface area contributed by atoms with Crippen LogP contribution in [0, 0.1) is 0 Å². The van der Waals surface area contributed by atoms with Crippen molar-refractivity contribution in [2.45, 2.75) is 64.8 Å². The number of carbonyl (C=O) groups is 3. The van der Waals surface area contributed by atoms with Gasteiger partial charge < -0.3 is 24.3 Å². The summed E-state index contributed by atoms with van der Waals surface area (Å²) < 4.78 is 21.3. The van der Waals surface area contributed by atoms with E-state index in [9.17, 15) is 14.4 Å². The molecule has 1 aromatic rings. The first-order valence-corrected chi connectivity index (χ1v) is 10.0. The van der Waals surface area contributed by atoms with Crippen LogP contribution < -0.4 is 14.8 Å². The summed E-state index contributed by atoms with van der Waals surface area (Å²) in [6.45, 7) is 7.64. The minimum Gasteiger partial charge on any atom is -0.454 e. The SMILES string of the molecule is C[C@H](OC(=O)[C@@H]1CCCN1C(=O)OC(C)(C)C)C(=O)NCc1ccc2c(c1)OCO2. The summed E-state index contributed by atoms with van der Waals surface area (Å²) in [6, 6.07) is 4.64. The van der Waals surface area contributed by atoms with Crippen LogP contribution >= 0.6 is 0 Å². The third-order valence-corrected chi connectivity index (χ3v) is 4.72. The number of benzene rings is 1. The highest BCUT2D eigenvalue weighted by Crippen LogP contribution is 2.32. The minimum atomic E-state index is -0.993. The molecule has 0 radical (unpaired) electrons. The molecule has 164 valence electrons. The van der Waals surface area contributed by atoms with E-state index in [1.54, 1.807) is 32.9 Å². The monoisotopic (exact) mass is 420 g/mol. The molecular formula is C21H28N2O7. The molecule has 0 bridgehead atoms. The molecule has 2 atom stereocenters. The molecule has 0 aliphatic carbocycles. The van der Waals surface area contributed by atoms with Gasteiger partial charge in [-0.25, -0.2) is 9.59 Å². The van der Waals surface area contributed by atoms with Crippen LogP contribution in [0.5, 0.6) is 11.5 Å². The van der Waals surface area contributed by atoms with Crippen molar-refractivity contribution in [2.24, 2.45) is 0 Å². The van der Waals surface area contributed by atoms with Crippen LogP contribution in [0.1, 0.15) is 46.1 Å². The Morgan fingerprint density at radius 2 is 1.97 bits per heavy atom. The Labute approximate surface area is 175 Å². The number of amides is 2. The van der Waals surface area contributed by atoms with Crippen molar-refractivity contribution in [1.82, 2.24) is 10.2 Å². The van der Waals surface area contributed by atoms with E-state index >= 15 is 0 Å². The molecule has 2 aliphatic rings. The van der Waals surface area contributed by atoms with Crippen molar-refractivity contribution in [3.63, 3.8) is 0 Å². The van der Waals surface area contributed by atoms with E-state index in [2.05, 4.69) is 5.32 Å². The summed E-state index contributed by atoms with van der Waals surface area (Å²) in [6.07, 6.45) is -0.401. The van der Waals surface area contributed by atoms with Gasteiger partial charge >= 0.3 is 12.1 Å². The van der Waals surface area contributed by atoms with Gasteiger partial charge in [0.25, 0.3) is 5.91 Å². The Morgan fingerprint density at radius 1 is 1.23 bits per heavy atom. The average molecular weight is 420 g/mol. The zero-order valence-electron chi connectivity index (χ0n) is 17.7. The van der Waals surface area contributed by atoms with Gasteiger partial charge in [0.1, 0.15) is 11.6 Å². The van der Waals surface area contributed by atoms with Crippen molar-refractivity contribution in [1.29, 1.82) is 0 Å². The number of nitrogens with one attached hydrogen (secondary N) is 1. The predicted molar refractivity (Wildman–Crippen MR) is 106 cm³/mol. The van der Waals surface area contributed by atoms with E-state index in [0.29, 0.717) is 30.9 Å². The molecule has 2 aliphatic heterocycles. The summed E-state index contributed by atoms with van der Waals surface area (Å²) in [5.74, 6) is 0.259. The topological polar surface area (TPSA) is 103 Å². The molecule has 30 heavy (non-hydrogen) atoms. The summed E-state index contributed by atoms with van der Waals surface area (Å²) in [4.78, 5) is 38.6. The maximum absolute atomic E-state index is 12.6. The molecule has 0 unspecified atom stereocenters. The number of hydrogen-bond donors (Lipinski definition) is 1. The molecule has 0 aromatic heterocycles. The Balaban J connectivity index is 1.50. The smallest absolute Gasteiger partial charge is 0.411 e. The Hall–Kier alpha value is -2.97. The molecule has 0 saturated carbocycles. The number of hydrogen-bond acceptors (Lipinski definition) is 7. The van der Waals surface area contributed by atoms with Crippen LogP contribution in [0.4, 0.5) is 4.79 Å². The van der Waals surface area contributed by atoms with Crippen molar-refractivity contribution in [2.75, 3.05) is 13.3 Å². The molecule has 2 heterocycles. The van der Waals surface area contributed by atoms with E-state index in [-0.39, 0.29) is 13.3 Å². The number of ether oxygens (including phenoxy) is 4. The summed E-state index contributed by atoms with van der Waals surface area (Å²) in [5, 5.41) is 2.73. The van der Waals surface area contributed by atoms with E-state index in [4.69, 9.17) is 18.9 Å². The zero-order valence-corrected chi connectivity index (χ0v) is 17.7. The summed E-state index contributed by atoms with van der Waals surface area (Å²) >= 11 is 0. The van der Waals surface area contributed by atoms with Gasteiger partial charge in [0, 0.05) is 13.1 Å². The maximum Gasteiger partial charge on any atom is 0.411 e. The highest BCUT2D eigenvalue weighted by atomic mass is 16.7. The van der Waals surface area contributed by atoms with Gasteiger partial charge in [-0.15, -0.1) is 0 Å². The quantitative estimate of drug-likeness (QED) is 0.730. The number of esters is 1. The lowest BCUT2D eigenvalue weighted by molar-refractivity contribution is -0.158. The van der Waals surface area contributed by atoms with Gasteiger partial charge in [0.15, 0.2) is 17.6 Å². The van der Waals surface area contributed by atoms with Gasteiger partial charge in [0.2, 0.25) is 6.79 Å². The first kappa shape index (κ1) is 21.7. The van der Waals surface area contributed by atoms with Crippen LogP contribution in [-0.2, 0) is 25.6 Å². The van der Waals surface area contributed by atoms with E-state index in [0.717, 1.165) is 5.56 Å². The fraction of sp³-hybridized carbons (Fsp3) is 0.571. The summed E-state index contributed by atoms with van der Waals surface area (Å²) in [7, 11) is 0. The minimum absolute atomic E-state index is 0.180. The fourth-order valence-corrected chi connectivity index (χ4v) is 3.24. The Bertz CT molecular complexity index is 818. The second kappa shape index (κ2) is 8.81. The molecule has 3 rings (SSSR count). The van der Waals surface area contributed by atoms with Gasteiger partial charge in [-0.3, -0.25) is 9.69 Å². The van der Waals surface area contributed by atoms with Gasteiger partial charge in [-0.05, 0) is 58.2 Å². The van der Waals surface area contributed by atoms with Crippen LogP contribution in [0.15, 0.2) is 18.2 Å². The molecule has 1 fully saturated rings. The number of carbonyl (C=O) groups excluding carboxylic acids is 3. The molecule has 0 spiro atoms. The third-order valence-electron chi connectivity index (χ3n) is 4.72. The number of fused-ring (bicyclic) bond motifs is 1. The van der Waals surface area contributed by atoms with Crippen LogP contribution in [0.3, 0.4) is 0 Å². The third kappa shape index (κ3) is 5.34. The molecule has 1 N–H and O–H groups in total. The van der Waals surface area contributed by atoms with Crippen molar-refractivity contribution in [3.05, 3.63) is 23.8 Å². The van der Waals surface area contributed by atoms with E-state index in [1.165, 1.54) is 11.8 Å². The standard InChI is InChI=1S/C21H28N2O7/c1-13(18(24)22-11-14-7-8-16-17(10-14)28-12-27-16)29-19(25)15-6-5-9-23(15)20(26)30-21(2,3)4/h7-8,10,13,15H,5-6,9,11-12H2,1-4H3,(H,22,24)/t13-,15-/m0/s1. The normalized spacial score (nSPS) is 18.7. The van der Waals surface area contributed by atoms with Crippen molar-refractivity contribution >= 4 is 18.0 Å². The van der Waals surface area contributed by atoms with Crippen LogP contribution in [0.25, 0.3) is 0 Å². The van der Waals surface area contributed by atoms with Crippen LogP contribution in [0.2, 0.25) is 0 Å². The largest absolute Gasteiger partial charge is 0.454 e. The molecule has 9 nitrogen and oxygen atoms in total. The Kier molecular flexibility index (Phi) is 6.38. The maximum atomic E-state index is 12.6. The first-order valence-electron chi connectivity index (χ1n) is 10.0. The lowest BCUT2D eigenvalue weighted by atomic mass is 10.2. The second-order valence-corrected chi connectivity index (χ2v) is 8.32. The number of nitrogens with zero attached hydrogens (tertiary/aromatic N) is 1. The number of rotatable bonds is 5. The predicted octanol–water partition coefficient (Wildman–Crippen LogP) is 2.36. The van der Waals surface area contributed by atoms with E-state index in [1.807, 2.05) is 6.07 Å². The molecular weight excluding hydrogens is 392 g/mol. The Morgan fingerprint density at radius 3 is 2.70 bits per heavy atom. The van der Waals surface area contributed by atoms with Gasteiger partial charge in [-0.1, -0.05) is 6.07 Å². The average Bonchev–Trinajstić information content (AvgIpc) is 3.33. The highest BCUT2D eigenvalue weighted by Gasteiger charge is 2.38. The van der Waals surface area contributed by atoms with Crippen LogP contribution in [-0.4, -0.2) is 54.0 Å². The highest BCUT2D eigenvalue weighted by molar-refractivity contribution is 5.86. The lowest BCUT2D eigenvalue weighted by Gasteiger charge is -2.28. The zero-order chi connectivity index (χ0) is 21.9. The van der Waals surface area contributed by atoms with Gasteiger partial charge in [0.05, 0.1) is 0 Å². The van der Waals surface area contributed by atoms with Crippen molar-refractivity contribution in [3.8, 4) is 11.5 Å². The second-order valence-electron chi connectivity index (χ2n) is 8.32. The molecule has 9 heteroatoms. The van der Waals surface area contributed by atoms with Gasteiger partial charge in [-0.2, -0.15) is 0 Å². The first-order chi connectivity index (χ1) is 14.1. The molecule has 1 aromatic carbocycles. The van der Waals surface area contributed by atoms with E-state index < -0.39 is 35.7 Å². The fourth-order valence-electron chi connectivity index (χ4n) is 3.24. The lowest BCUT2D eigenvalue weighted by Crippen LogP contribution is -2.46.